The first kappa shape index (κ1) is 13.9. The summed E-state index contributed by atoms with van der Waals surface area (Å²) in [6.07, 6.45) is 4.41. The summed E-state index contributed by atoms with van der Waals surface area (Å²) in [5.74, 6) is 0.609. The van der Waals surface area contributed by atoms with Gasteiger partial charge < -0.3 is 5.32 Å². The predicted octanol–water partition coefficient (Wildman–Crippen LogP) is 4.17. The van der Waals surface area contributed by atoms with Gasteiger partial charge in [-0.05, 0) is 37.6 Å². The van der Waals surface area contributed by atoms with Gasteiger partial charge in [0.05, 0.1) is 22.6 Å². The minimum Gasteiger partial charge on any atom is -0.313 e. The molecule has 0 aliphatic heterocycles. The maximum Gasteiger partial charge on any atom is 0.0836 e. The van der Waals surface area contributed by atoms with Crippen LogP contribution in [0, 0.1) is 0 Å². The van der Waals surface area contributed by atoms with E-state index in [1.807, 2.05) is 23.0 Å². The van der Waals surface area contributed by atoms with E-state index >= 15 is 0 Å². The van der Waals surface area contributed by atoms with Crippen molar-refractivity contribution in [2.75, 3.05) is 6.54 Å². The van der Waals surface area contributed by atoms with Gasteiger partial charge in [0.1, 0.15) is 0 Å². The average Bonchev–Trinajstić information content (AvgIpc) is 3.17. The lowest BCUT2D eigenvalue weighted by Gasteiger charge is -2.11. The van der Waals surface area contributed by atoms with Crippen LogP contribution in [0.2, 0.25) is 10.0 Å². The van der Waals surface area contributed by atoms with Crippen LogP contribution in [0.25, 0.3) is 5.69 Å². The highest BCUT2D eigenvalue weighted by Crippen LogP contribution is 2.43. The molecular formula is C15H17Cl2N3. The van der Waals surface area contributed by atoms with Crippen molar-refractivity contribution < 1.29 is 0 Å². The Hall–Kier alpha value is -1.03. The number of nitrogens with zero attached hydrogens (tertiary/aromatic N) is 2. The average molecular weight is 310 g/mol. The van der Waals surface area contributed by atoms with Crippen LogP contribution >= 0.6 is 23.2 Å². The molecule has 1 aromatic heterocycles. The van der Waals surface area contributed by atoms with Crippen LogP contribution in [0.15, 0.2) is 24.4 Å². The Morgan fingerprint density at radius 3 is 2.80 bits per heavy atom. The van der Waals surface area contributed by atoms with Gasteiger partial charge in [0.25, 0.3) is 0 Å². The van der Waals surface area contributed by atoms with Crippen molar-refractivity contribution >= 4 is 23.2 Å². The van der Waals surface area contributed by atoms with Gasteiger partial charge in [-0.15, -0.1) is 0 Å². The highest BCUT2D eigenvalue weighted by molar-refractivity contribution is 6.35. The van der Waals surface area contributed by atoms with Crippen molar-refractivity contribution in [1.82, 2.24) is 15.1 Å². The molecule has 106 valence electrons. The summed E-state index contributed by atoms with van der Waals surface area (Å²) >= 11 is 12.3. The maximum atomic E-state index is 6.31. The summed E-state index contributed by atoms with van der Waals surface area (Å²) < 4.78 is 1.98. The van der Waals surface area contributed by atoms with Crippen LogP contribution in [0.5, 0.6) is 0 Å². The second kappa shape index (κ2) is 5.76. The maximum absolute atomic E-state index is 6.31. The molecular weight excluding hydrogens is 293 g/mol. The molecule has 3 rings (SSSR count). The number of halogens is 2. The summed E-state index contributed by atoms with van der Waals surface area (Å²) in [6.45, 7) is 3.92. The molecule has 5 heteroatoms. The summed E-state index contributed by atoms with van der Waals surface area (Å²) in [4.78, 5) is 0. The second-order valence-corrected chi connectivity index (χ2v) is 5.96. The van der Waals surface area contributed by atoms with Gasteiger partial charge >= 0.3 is 0 Å². The number of nitrogens with one attached hydrogen (secondary N) is 1. The molecule has 1 aliphatic carbocycles. The Balaban J connectivity index is 2.02. The highest BCUT2D eigenvalue weighted by Gasteiger charge is 2.30. The van der Waals surface area contributed by atoms with Crippen LogP contribution in [0.3, 0.4) is 0 Å². The van der Waals surface area contributed by atoms with E-state index in [1.54, 1.807) is 6.07 Å². The molecule has 0 saturated heterocycles. The van der Waals surface area contributed by atoms with Crippen LogP contribution in [-0.2, 0) is 6.54 Å². The van der Waals surface area contributed by atoms with Gasteiger partial charge in [0, 0.05) is 23.0 Å². The smallest absolute Gasteiger partial charge is 0.0836 e. The van der Waals surface area contributed by atoms with Crippen molar-refractivity contribution in [1.29, 1.82) is 0 Å². The zero-order valence-corrected chi connectivity index (χ0v) is 12.9. The Bertz CT molecular complexity index is 618. The SMILES string of the molecule is CCNCc1cnn(-c2ccc(Cl)cc2Cl)c1C1CC1. The van der Waals surface area contributed by atoms with Gasteiger partial charge in [-0.2, -0.15) is 5.10 Å². The molecule has 1 aromatic carbocycles. The minimum absolute atomic E-state index is 0.609. The van der Waals surface area contributed by atoms with E-state index < -0.39 is 0 Å². The number of aromatic nitrogens is 2. The van der Waals surface area contributed by atoms with Crippen molar-refractivity contribution in [2.24, 2.45) is 0 Å². The second-order valence-electron chi connectivity index (χ2n) is 5.12. The first-order chi connectivity index (χ1) is 9.70. The van der Waals surface area contributed by atoms with Gasteiger partial charge in [0.2, 0.25) is 0 Å². The van der Waals surface area contributed by atoms with Crippen LogP contribution in [0.4, 0.5) is 0 Å². The fraction of sp³-hybridized carbons (Fsp3) is 0.400. The molecule has 0 atom stereocenters. The van der Waals surface area contributed by atoms with E-state index in [0.717, 1.165) is 18.8 Å². The first-order valence-electron chi connectivity index (χ1n) is 6.93. The van der Waals surface area contributed by atoms with E-state index in [1.165, 1.54) is 24.1 Å². The van der Waals surface area contributed by atoms with Crippen molar-refractivity contribution in [3.63, 3.8) is 0 Å². The third-order valence-electron chi connectivity index (χ3n) is 3.55. The standard InChI is InChI=1S/C15H17Cl2N3/c1-2-18-8-11-9-19-20(15(11)10-3-4-10)14-6-5-12(16)7-13(14)17/h5-7,9-10,18H,2-4,8H2,1H3. The number of hydrogen-bond donors (Lipinski definition) is 1. The van der Waals surface area contributed by atoms with E-state index in [2.05, 4.69) is 17.3 Å². The van der Waals surface area contributed by atoms with Gasteiger partial charge in [0.15, 0.2) is 0 Å². The van der Waals surface area contributed by atoms with Gasteiger partial charge in [-0.25, -0.2) is 4.68 Å². The molecule has 1 saturated carbocycles. The zero-order chi connectivity index (χ0) is 14.1. The molecule has 1 aliphatic rings. The molecule has 20 heavy (non-hydrogen) atoms. The zero-order valence-electron chi connectivity index (χ0n) is 11.4. The molecule has 0 spiro atoms. The summed E-state index contributed by atoms with van der Waals surface area (Å²) in [5, 5.41) is 9.19. The Kier molecular flexibility index (Phi) is 4.01. The summed E-state index contributed by atoms with van der Waals surface area (Å²) in [5.41, 5.74) is 3.45. The topological polar surface area (TPSA) is 29.9 Å². The van der Waals surface area contributed by atoms with Crippen molar-refractivity contribution in [3.05, 3.63) is 45.7 Å². The van der Waals surface area contributed by atoms with Crippen molar-refractivity contribution in [2.45, 2.75) is 32.2 Å². The quantitative estimate of drug-likeness (QED) is 0.898. The van der Waals surface area contributed by atoms with E-state index in [9.17, 15) is 0 Å². The van der Waals surface area contributed by atoms with Crippen LogP contribution < -0.4 is 5.32 Å². The highest BCUT2D eigenvalue weighted by atomic mass is 35.5. The lowest BCUT2D eigenvalue weighted by Crippen LogP contribution is -2.13. The lowest BCUT2D eigenvalue weighted by molar-refractivity contribution is 0.714. The predicted molar refractivity (Wildman–Crippen MR) is 82.9 cm³/mol. The summed E-state index contributed by atoms with van der Waals surface area (Å²) in [6, 6.07) is 5.55. The fourth-order valence-corrected chi connectivity index (χ4v) is 2.91. The molecule has 1 fully saturated rings. The first-order valence-corrected chi connectivity index (χ1v) is 7.69. The molecule has 0 bridgehead atoms. The monoisotopic (exact) mass is 309 g/mol. The van der Waals surface area contributed by atoms with Crippen LogP contribution in [-0.4, -0.2) is 16.3 Å². The van der Waals surface area contributed by atoms with Gasteiger partial charge in [-0.3, -0.25) is 0 Å². The number of rotatable bonds is 5. The molecule has 0 radical (unpaired) electrons. The largest absolute Gasteiger partial charge is 0.313 e. The van der Waals surface area contributed by atoms with E-state index in [4.69, 9.17) is 23.2 Å². The summed E-state index contributed by atoms with van der Waals surface area (Å²) in [7, 11) is 0. The van der Waals surface area contributed by atoms with E-state index in [0.29, 0.717) is 16.0 Å². The minimum atomic E-state index is 0.609. The fourth-order valence-electron chi connectivity index (χ4n) is 2.42. The Labute approximate surface area is 128 Å². The molecule has 0 amide bonds. The van der Waals surface area contributed by atoms with Crippen molar-refractivity contribution in [3.8, 4) is 5.69 Å². The van der Waals surface area contributed by atoms with Crippen LogP contribution in [0.1, 0.15) is 36.9 Å². The normalized spacial score (nSPS) is 14.8. The Morgan fingerprint density at radius 1 is 1.35 bits per heavy atom. The molecule has 2 aromatic rings. The number of benzene rings is 1. The third-order valence-corrected chi connectivity index (χ3v) is 4.09. The van der Waals surface area contributed by atoms with E-state index in [-0.39, 0.29) is 0 Å². The molecule has 0 unspecified atom stereocenters. The molecule has 3 nitrogen and oxygen atoms in total. The Morgan fingerprint density at radius 2 is 2.15 bits per heavy atom. The third kappa shape index (κ3) is 2.71. The lowest BCUT2D eigenvalue weighted by atomic mass is 10.1. The van der Waals surface area contributed by atoms with Gasteiger partial charge in [-0.1, -0.05) is 30.1 Å². The number of hydrogen-bond acceptors (Lipinski definition) is 2. The molecule has 1 N–H and O–H groups in total. The molecule has 1 heterocycles.